The molecule has 1 atom stereocenters. The van der Waals surface area contributed by atoms with Gasteiger partial charge in [0.05, 0.1) is 18.7 Å². The molecule has 0 aliphatic carbocycles. The van der Waals surface area contributed by atoms with Gasteiger partial charge in [0.15, 0.2) is 0 Å². The van der Waals surface area contributed by atoms with Crippen LogP contribution in [0.2, 0.25) is 0 Å². The number of halogens is 3. The molecule has 1 heterocycles. The summed E-state index contributed by atoms with van der Waals surface area (Å²) < 4.78 is 37.2. The van der Waals surface area contributed by atoms with E-state index >= 15 is 0 Å². The van der Waals surface area contributed by atoms with Gasteiger partial charge in [0.2, 0.25) is 0 Å². The molecule has 0 amide bonds. The van der Waals surface area contributed by atoms with Crippen molar-refractivity contribution >= 4 is 0 Å². The molecule has 1 aromatic rings. The minimum Gasteiger partial charge on any atom is -0.393 e. The zero-order valence-corrected chi connectivity index (χ0v) is 8.33. The van der Waals surface area contributed by atoms with E-state index in [2.05, 4.69) is 5.10 Å². The second kappa shape index (κ2) is 4.65. The Morgan fingerprint density at radius 1 is 1.53 bits per heavy atom. The summed E-state index contributed by atoms with van der Waals surface area (Å²) in [5.41, 5.74) is 0.832. The Balaban J connectivity index is 2.31. The average Bonchev–Trinajstić information content (AvgIpc) is 2.45. The second-order valence-electron chi connectivity index (χ2n) is 3.53. The van der Waals surface area contributed by atoms with Gasteiger partial charge in [-0.25, -0.2) is 0 Å². The summed E-state index contributed by atoms with van der Waals surface area (Å²) in [6, 6.07) is 0. The normalized spacial score (nSPS) is 14.2. The molecule has 1 aromatic heterocycles. The van der Waals surface area contributed by atoms with Crippen molar-refractivity contribution in [3.63, 3.8) is 0 Å². The summed E-state index contributed by atoms with van der Waals surface area (Å²) in [4.78, 5) is 0. The molecule has 1 N–H and O–H groups in total. The Kier molecular flexibility index (Phi) is 3.73. The number of hydrogen-bond donors (Lipinski definition) is 1. The van der Waals surface area contributed by atoms with E-state index in [9.17, 15) is 13.2 Å². The van der Waals surface area contributed by atoms with Gasteiger partial charge in [-0.2, -0.15) is 18.3 Å². The van der Waals surface area contributed by atoms with Gasteiger partial charge in [0, 0.05) is 13.2 Å². The molecule has 15 heavy (non-hydrogen) atoms. The van der Waals surface area contributed by atoms with Crippen molar-refractivity contribution in [3.05, 3.63) is 18.0 Å². The van der Waals surface area contributed by atoms with E-state index in [1.54, 1.807) is 24.1 Å². The zero-order chi connectivity index (χ0) is 11.5. The predicted molar refractivity (Wildman–Crippen MR) is 48.2 cm³/mol. The molecule has 0 aliphatic rings. The number of aryl methyl sites for hydroxylation is 2. The first-order valence-electron chi connectivity index (χ1n) is 4.59. The number of aliphatic hydroxyl groups excluding tert-OH is 1. The summed E-state index contributed by atoms with van der Waals surface area (Å²) in [7, 11) is 1.73. The van der Waals surface area contributed by atoms with Gasteiger partial charge in [-0.05, 0) is 18.4 Å². The van der Waals surface area contributed by atoms with Crippen molar-refractivity contribution < 1.29 is 18.3 Å². The third kappa shape index (κ3) is 4.83. The maximum Gasteiger partial charge on any atom is 0.391 e. The van der Waals surface area contributed by atoms with Crippen LogP contribution >= 0.6 is 0 Å². The molecule has 0 saturated heterocycles. The van der Waals surface area contributed by atoms with Crippen LogP contribution in [-0.4, -0.2) is 27.2 Å². The minimum absolute atomic E-state index is 0.102. The highest BCUT2D eigenvalue weighted by molar-refractivity contribution is 5.03. The molecule has 6 heteroatoms. The van der Waals surface area contributed by atoms with E-state index in [1.807, 2.05) is 0 Å². The molecule has 0 bridgehead atoms. The first-order valence-corrected chi connectivity index (χ1v) is 4.59. The van der Waals surface area contributed by atoms with Gasteiger partial charge < -0.3 is 5.11 Å². The van der Waals surface area contributed by atoms with Crippen LogP contribution in [0.15, 0.2) is 12.4 Å². The van der Waals surface area contributed by atoms with Gasteiger partial charge in [-0.1, -0.05) is 0 Å². The van der Waals surface area contributed by atoms with E-state index in [-0.39, 0.29) is 6.42 Å². The first kappa shape index (κ1) is 12.0. The highest BCUT2D eigenvalue weighted by Crippen LogP contribution is 2.23. The summed E-state index contributed by atoms with van der Waals surface area (Å²) in [6.07, 6.45) is -2.95. The molecule has 1 unspecified atom stereocenters. The lowest BCUT2D eigenvalue weighted by Crippen LogP contribution is -2.19. The molecular weight excluding hydrogens is 209 g/mol. The van der Waals surface area contributed by atoms with Crippen molar-refractivity contribution in [1.29, 1.82) is 0 Å². The molecule has 1 rings (SSSR count). The molecule has 0 spiro atoms. The Hall–Kier alpha value is -1.04. The number of alkyl halides is 3. The van der Waals surface area contributed by atoms with Crippen LogP contribution < -0.4 is 0 Å². The van der Waals surface area contributed by atoms with E-state index < -0.39 is 18.7 Å². The van der Waals surface area contributed by atoms with Crippen LogP contribution in [0.3, 0.4) is 0 Å². The highest BCUT2D eigenvalue weighted by atomic mass is 19.4. The van der Waals surface area contributed by atoms with Crippen molar-refractivity contribution in [2.45, 2.75) is 31.5 Å². The standard InChI is InChI=1S/C9H13F3N2O/c1-14-6-7(5-13-14)2-3-8(15)4-9(10,11)12/h5-6,8,15H,2-4H2,1H3. The van der Waals surface area contributed by atoms with Crippen LogP contribution in [0.4, 0.5) is 13.2 Å². The van der Waals surface area contributed by atoms with E-state index in [1.165, 1.54) is 0 Å². The monoisotopic (exact) mass is 222 g/mol. The maximum atomic E-state index is 11.9. The smallest absolute Gasteiger partial charge is 0.391 e. The van der Waals surface area contributed by atoms with E-state index in [4.69, 9.17) is 5.11 Å². The second-order valence-corrected chi connectivity index (χ2v) is 3.53. The molecule has 0 fully saturated rings. The summed E-state index contributed by atoms with van der Waals surface area (Å²) in [5, 5.41) is 13.0. The molecule has 0 saturated carbocycles. The zero-order valence-electron chi connectivity index (χ0n) is 8.33. The van der Waals surface area contributed by atoms with Gasteiger partial charge in [0.1, 0.15) is 0 Å². The van der Waals surface area contributed by atoms with Crippen LogP contribution in [0.5, 0.6) is 0 Å². The largest absolute Gasteiger partial charge is 0.393 e. The molecule has 0 radical (unpaired) electrons. The van der Waals surface area contributed by atoms with Crippen LogP contribution in [-0.2, 0) is 13.5 Å². The number of nitrogens with zero attached hydrogens (tertiary/aromatic N) is 2. The Morgan fingerprint density at radius 2 is 2.20 bits per heavy atom. The van der Waals surface area contributed by atoms with Gasteiger partial charge >= 0.3 is 6.18 Å². The predicted octanol–water partition coefficient (Wildman–Crippen LogP) is 1.67. The number of aliphatic hydroxyl groups is 1. The fourth-order valence-corrected chi connectivity index (χ4v) is 1.30. The minimum atomic E-state index is -4.30. The van der Waals surface area contributed by atoms with Crippen molar-refractivity contribution in [2.24, 2.45) is 7.05 Å². The fraction of sp³-hybridized carbons (Fsp3) is 0.667. The molecule has 0 aliphatic heterocycles. The van der Waals surface area contributed by atoms with Crippen LogP contribution in [0.25, 0.3) is 0 Å². The number of rotatable bonds is 4. The summed E-state index contributed by atoms with van der Waals surface area (Å²) in [5.74, 6) is 0. The first-order chi connectivity index (χ1) is 6.87. The van der Waals surface area contributed by atoms with Crippen LogP contribution in [0, 0.1) is 0 Å². The highest BCUT2D eigenvalue weighted by Gasteiger charge is 2.30. The van der Waals surface area contributed by atoms with Gasteiger partial charge in [-0.3, -0.25) is 4.68 Å². The number of hydrogen-bond acceptors (Lipinski definition) is 2. The molecule has 0 aromatic carbocycles. The Morgan fingerprint density at radius 3 is 2.67 bits per heavy atom. The lowest BCUT2D eigenvalue weighted by Gasteiger charge is -2.12. The molecular formula is C9H13F3N2O. The quantitative estimate of drug-likeness (QED) is 0.841. The van der Waals surface area contributed by atoms with E-state index in [0.717, 1.165) is 5.56 Å². The van der Waals surface area contributed by atoms with E-state index in [0.29, 0.717) is 6.42 Å². The average molecular weight is 222 g/mol. The molecule has 3 nitrogen and oxygen atoms in total. The summed E-state index contributed by atoms with van der Waals surface area (Å²) in [6.45, 7) is 0. The van der Waals surface area contributed by atoms with Gasteiger partial charge in [0.25, 0.3) is 0 Å². The Labute approximate surface area is 85.5 Å². The third-order valence-corrected chi connectivity index (χ3v) is 1.99. The SMILES string of the molecule is Cn1cc(CCC(O)CC(F)(F)F)cn1. The lowest BCUT2D eigenvalue weighted by molar-refractivity contribution is -0.153. The number of aromatic nitrogens is 2. The third-order valence-electron chi connectivity index (χ3n) is 1.99. The summed E-state index contributed by atoms with van der Waals surface area (Å²) >= 11 is 0. The fourth-order valence-electron chi connectivity index (χ4n) is 1.30. The molecule has 86 valence electrons. The van der Waals surface area contributed by atoms with Crippen molar-refractivity contribution in [2.75, 3.05) is 0 Å². The Bertz CT molecular complexity index is 309. The van der Waals surface area contributed by atoms with Crippen molar-refractivity contribution in [3.8, 4) is 0 Å². The van der Waals surface area contributed by atoms with Crippen LogP contribution in [0.1, 0.15) is 18.4 Å². The lowest BCUT2D eigenvalue weighted by atomic mass is 10.1. The topological polar surface area (TPSA) is 38.0 Å². The van der Waals surface area contributed by atoms with Crippen molar-refractivity contribution in [1.82, 2.24) is 9.78 Å². The maximum absolute atomic E-state index is 11.9. The van der Waals surface area contributed by atoms with Gasteiger partial charge in [-0.15, -0.1) is 0 Å².